The van der Waals surface area contributed by atoms with Crippen LogP contribution < -0.4 is 5.32 Å². The minimum Gasteiger partial charge on any atom is -0.314 e. The van der Waals surface area contributed by atoms with Gasteiger partial charge < -0.3 is 5.32 Å². The number of hydrogen-bond donors (Lipinski definition) is 1. The molecule has 0 aliphatic carbocycles. The Hall–Kier alpha value is -0.590. The van der Waals surface area contributed by atoms with Crippen LogP contribution in [0.25, 0.3) is 0 Å². The van der Waals surface area contributed by atoms with Gasteiger partial charge in [0.1, 0.15) is 0 Å². The molecule has 0 spiro atoms. The zero-order valence-corrected chi connectivity index (χ0v) is 14.8. The van der Waals surface area contributed by atoms with Crippen molar-refractivity contribution in [3.63, 3.8) is 0 Å². The van der Waals surface area contributed by atoms with Crippen LogP contribution in [-0.4, -0.2) is 36.0 Å². The quantitative estimate of drug-likeness (QED) is 0.632. The number of hydrogen-bond acceptors (Lipinski definition) is 4. The maximum Gasteiger partial charge on any atom is 0.274 e. The van der Waals surface area contributed by atoms with Crippen molar-refractivity contribution in [2.75, 3.05) is 26.2 Å². The van der Waals surface area contributed by atoms with Gasteiger partial charge in [-0.05, 0) is 18.6 Å². The van der Waals surface area contributed by atoms with Crippen LogP contribution in [0.1, 0.15) is 31.4 Å². The standard InChI is InChI=1S/C14H20ClN3O2.2ClH/c1-2-3-13(17-8-6-16-7-9-17)12-10-11(15)4-5-14(12)18(19)20;;/h4-5,10,13,16H,2-3,6-9H2,1H3;2*1H/t13-;;/m0../s1. The van der Waals surface area contributed by atoms with Crippen molar-refractivity contribution in [2.24, 2.45) is 0 Å². The maximum atomic E-state index is 11.3. The minimum atomic E-state index is -0.309. The van der Waals surface area contributed by atoms with Gasteiger partial charge in [0.25, 0.3) is 5.69 Å². The van der Waals surface area contributed by atoms with Crippen molar-refractivity contribution in [3.05, 3.63) is 38.9 Å². The molecule has 0 unspecified atom stereocenters. The van der Waals surface area contributed by atoms with Gasteiger partial charge in [-0.15, -0.1) is 24.8 Å². The van der Waals surface area contributed by atoms with Crippen molar-refractivity contribution in [2.45, 2.75) is 25.8 Å². The van der Waals surface area contributed by atoms with Gasteiger partial charge in [-0.2, -0.15) is 0 Å². The van der Waals surface area contributed by atoms with Crippen LogP contribution in [0, 0.1) is 10.1 Å². The number of nitro groups is 1. The van der Waals surface area contributed by atoms with Crippen molar-refractivity contribution < 1.29 is 4.92 Å². The molecule has 0 saturated carbocycles. The SMILES string of the molecule is CCC[C@@H](c1cc(Cl)ccc1[N+](=O)[O-])N1CCNCC1.Cl.Cl. The molecule has 0 bridgehead atoms. The molecule has 8 heteroatoms. The Morgan fingerprint density at radius 1 is 1.36 bits per heavy atom. The molecule has 0 amide bonds. The predicted molar refractivity (Wildman–Crippen MR) is 94.7 cm³/mol. The highest BCUT2D eigenvalue weighted by molar-refractivity contribution is 6.30. The first-order valence-corrected chi connectivity index (χ1v) is 7.40. The van der Waals surface area contributed by atoms with Crippen molar-refractivity contribution in [3.8, 4) is 0 Å². The highest BCUT2D eigenvalue weighted by Crippen LogP contribution is 2.34. The van der Waals surface area contributed by atoms with E-state index in [9.17, 15) is 10.1 Å². The number of piperazine rings is 1. The molecular formula is C14H22Cl3N3O2. The van der Waals surface area contributed by atoms with Crippen molar-refractivity contribution in [1.29, 1.82) is 0 Å². The van der Waals surface area contributed by atoms with Gasteiger partial charge in [0, 0.05) is 48.9 Å². The third-order valence-corrected chi connectivity index (χ3v) is 3.93. The number of nitrogens with zero attached hydrogens (tertiary/aromatic N) is 2. The molecule has 1 aromatic carbocycles. The van der Waals surface area contributed by atoms with Gasteiger partial charge in [0.15, 0.2) is 0 Å². The van der Waals surface area contributed by atoms with E-state index >= 15 is 0 Å². The van der Waals surface area contributed by atoms with Crippen LogP contribution in [-0.2, 0) is 0 Å². The summed E-state index contributed by atoms with van der Waals surface area (Å²) in [5.74, 6) is 0. The average molecular weight is 371 g/mol. The predicted octanol–water partition coefficient (Wildman–Crippen LogP) is 3.84. The second-order valence-corrected chi connectivity index (χ2v) is 5.49. The summed E-state index contributed by atoms with van der Waals surface area (Å²) in [6.07, 6.45) is 1.89. The van der Waals surface area contributed by atoms with Gasteiger partial charge in [0.05, 0.1) is 4.92 Å². The molecule has 1 N–H and O–H groups in total. The Bertz CT molecular complexity index is 482. The monoisotopic (exact) mass is 369 g/mol. The van der Waals surface area contributed by atoms with Crippen LogP contribution in [0.2, 0.25) is 5.02 Å². The third kappa shape index (κ3) is 5.25. The number of nitro benzene ring substituents is 1. The van der Waals surface area contributed by atoms with Crippen LogP contribution in [0.3, 0.4) is 0 Å². The molecule has 5 nitrogen and oxygen atoms in total. The van der Waals surface area contributed by atoms with Gasteiger partial charge >= 0.3 is 0 Å². The summed E-state index contributed by atoms with van der Waals surface area (Å²) in [6.45, 7) is 5.78. The van der Waals surface area contributed by atoms with Crippen LogP contribution in [0.5, 0.6) is 0 Å². The van der Waals surface area contributed by atoms with E-state index < -0.39 is 0 Å². The van der Waals surface area contributed by atoms with Crippen LogP contribution >= 0.6 is 36.4 Å². The highest BCUT2D eigenvalue weighted by Gasteiger charge is 2.27. The molecule has 1 fully saturated rings. The van der Waals surface area contributed by atoms with Crippen LogP contribution in [0.4, 0.5) is 5.69 Å². The second kappa shape index (κ2) is 10.2. The molecule has 1 aliphatic rings. The third-order valence-electron chi connectivity index (χ3n) is 3.70. The molecule has 1 atom stereocenters. The van der Waals surface area contributed by atoms with Crippen molar-refractivity contribution in [1.82, 2.24) is 10.2 Å². The van der Waals surface area contributed by atoms with Crippen LogP contribution in [0.15, 0.2) is 18.2 Å². The first-order valence-electron chi connectivity index (χ1n) is 7.02. The summed E-state index contributed by atoms with van der Waals surface area (Å²) in [4.78, 5) is 13.3. The van der Waals surface area contributed by atoms with E-state index in [1.807, 2.05) is 0 Å². The Morgan fingerprint density at radius 3 is 2.55 bits per heavy atom. The summed E-state index contributed by atoms with van der Waals surface area (Å²) in [7, 11) is 0. The molecule has 1 aromatic rings. The van der Waals surface area contributed by atoms with E-state index in [1.165, 1.54) is 6.07 Å². The van der Waals surface area contributed by atoms with E-state index in [0.717, 1.165) is 44.6 Å². The first kappa shape index (κ1) is 21.4. The van der Waals surface area contributed by atoms with Crippen molar-refractivity contribution >= 4 is 42.1 Å². The number of nitrogens with one attached hydrogen (secondary N) is 1. The first-order chi connectivity index (χ1) is 9.63. The van der Waals surface area contributed by atoms with E-state index in [2.05, 4.69) is 17.1 Å². The largest absolute Gasteiger partial charge is 0.314 e. The lowest BCUT2D eigenvalue weighted by molar-refractivity contribution is -0.386. The normalized spacial score (nSPS) is 16.3. The molecule has 1 heterocycles. The average Bonchev–Trinajstić information content (AvgIpc) is 2.45. The van der Waals surface area contributed by atoms with E-state index in [1.54, 1.807) is 12.1 Å². The number of benzene rings is 1. The summed E-state index contributed by atoms with van der Waals surface area (Å²) in [5.41, 5.74) is 0.914. The topological polar surface area (TPSA) is 58.4 Å². The number of rotatable bonds is 5. The molecule has 126 valence electrons. The Kier molecular flexibility index (Phi) is 9.96. The van der Waals surface area contributed by atoms with Gasteiger partial charge in [-0.1, -0.05) is 24.9 Å². The molecular weight excluding hydrogens is 349 g/mol. The molecule has 1 saturated heterocycles. The lowest BCUT2D eigenvalue weighted by atomic mass is 9.98. The summed E-state index contributed by atoms with van der Waals surface area (Å²) in [6, 6.07) is 4.93. The Balaban J connectivity index is 0.00000220. The molecule has 22 heavy (non-hydrogen) atoms. The number of halogens is 3. The lowest BCUT2D eigenvalue weighted by Gasteiger charge is -2.35. The molecule has 0 radical (unpaired) electrons. The maximum absolute atomic E-state index is 11.3. The summed E-state index contributed by atoms with van der Waals surface area (Å²) >= 11 is 6.05. The summed E-state index contributed by atoms with van der Waals surface area (Å²) < 4.78 is 0. The second-order valence-electron chi connectivity index (χ2n) is 5.05. The lowest BCUT2D eigenvalue weighted by Crippen LogP contribution is -2.45. The molecule has 0 aromatic heterocycles. The molecule has 2 rings (SSSR count). The van der Waals surface area contributed by atoms with E-state index in [4.69, 9.17) is 11.6 Å². The fourth-order valence-electron chi connectivity index (χ4n) is 2.76. The van der Waals surface area contributed by atoms with Gasteiger partial charge in [-0.25, -0.2) is 0 Å². The zero-order valence-electron chi connectivity index (χ0n) is 12.5. The highest BCUT2D eigenvalue weighted by atomic mass is 35.5. The fourth-order valence-corrected chi connectivity index (χ4v) is 2.94. The molecule has 1 aliphatic heterocycles. The van der Waals surface area contributed by atoms with E-state index in [-0.39, 0.29) is 41.5 Å². The Morgan fingerprint density at radius 2 is 2.00 bits per heavy atom. The smallest absolute Gasteiger partial charge is 0.274 e. The van der Waals surface area contributed by atoms with Gasteiger partial charge in [-0.3, -0.25) is 15.0 Å². The van der Waals surface area contributed by atoms with Gasteiger partial charge in [0.2, 0.25) is 0 Å². The van der Waals surface area contributed by atoms with E-state index in [0.29, 0.717) is 5.02 Å². The minimum absolute atomic E-state index is 0. The Labute approximate surface area is 148 Å². The fraction of sp³-hybridized carbons (Fsp3) is 0.571. The summed E-state index contributed by atoms with van der Waals surface area (Å²) in [5, 5.41) is 15.1. The zero-order chi connectivity index (χ0) is 14.5.